The summed E-state index contributed by atoms with van der Waals surface area (Å²) in [5.41, 5.74) is 2.39. The van der Waals surface area contributed by atoms with E-state index in [1.54, 1.807) is 37.4 Å². The van der Waals surface area contributed by atoms with Gasteiger partial charge in [-0.1, -0.05) is 88.3 Å². The second-order valence-corrected chi connectivity index (χ2v) is 8.63. The Bertz CT molecular complexity index is 1500. The summed E-state index contributed by atoms with van der Waals surface area (Å²) in [5, 5.41) is 10.1. The van der Waals surface area contributed by atoms with E-state index in [0.717, 1.165) is 10.0 Å². The van der Waals surface area contributed by atoms with Crippen LogP contribution in [0.25, 0.3) is 0 Å². The number of methoxy groups -OCH3 is 2. The molecule has 0 heterocycles. The SMILES string of the molecule is COc1cc(Br)ccc1C(O)C#Cc1ccccc1.COc1ccc(F)cc1C#CC(=O)c1ccccc1. The average molecular weight is 571 g/mol. The van der Waals surface area contributed by atoms with E-state index in [1.807, 2.05) is 48.5 Å². The third-order valence-electron chi connectivity index (χ3n) is 5.13. The van der Waals surface area contributed by atoms with Crippen LogP contribution in [-0.4, -0.2) is 25.1 Å². The molecule has 4 aromatic rings. The second kappa shape index (κ2) is 14.4. The van der Waals surface area contributed by atoms with Crippen molar-refractivity contribution in [2.75, 3.05) is 14.2 Å². The van der Waals surface area contributed by atoms with Gasteiger partial charge in [0.1, 0.15) is 23.4 Å². The minimum atomic E-state index is -0.872. The highest BCUT2D eigenvalue weighted by Gasteiger charge is 2.11. The summed E-state index contributed by atoms with van der Waals surface area (Å²) in [4.78, 5) is 11.8. The number of benzene rings is 4. The highest BCUT2D eigenvalue weighted by Crippen LogP contribution is 2.28. The molecule has 6 heteroatoms. The molecule has 0 saturated carbocycles. The Kier molecular flexibility index (Phi) is 10.7. The molecule has 0 bridgehead atoms. The second-order valence-electron chi connectivity index (χ2n) is 7.71. The van der Waals surface area contributed by atoms with E-state index in [4.69, 9.17) is 9.47 Å². The summed E-state index contributed by atoms with van der Waals surface area (Å²) in [7, 11) is 3.04. The normalized spacial score (nSPS) is 10.3. The van der Waals surface area contributed by atoms with Crippen molar-refractivity contribution in [3.05, 3.63) is 130 Å². The average Bonchev–Trinajstić information content (AvgIpc) is 2.96. The minimum Gasteiger partial charge on any atom is -0.496 e. The first-order chi connectivity index (χ1) is 18.4. The number of ether oxygens (including phenoxy) is 2. The van der Waals surface area contributed by atoms with Crippen molar-refractivity contribution in [3.63, 3.8) is 0 Å². The molecule has 38 heavy (non-hydrogen) atoms. The first-order valence-electron chi connectivity index (χ1n) is 11.4. The number of ketones is 1. The van der Waals surface area contributed by atoms with Crippen LogP contribution in [-0.2, 0) is 0 Å². The molecule has 0 aliphatic carbocycles. The van der Waals surface area contributed by atoms with Gasteiger partial charge < -0.3 is 14.6 Å². The lowest BCUT2D eigenvalue weighted by Crippen LogP contribution is -1.98. The third-order valence-corrected chi connectivity index (χ3v) is 5.62. The predicted molar refractivity (Wildman–Crippen MR) is 150 cm³/mol. The van der Waals surface area contributed by atoms with Gasteiger partial charge in [-0.15, -0.1) is 0 Å². The van der Waals surface area contributed by atoms with E-state index in [0.29, 0.717) is 28.2 Å². The lowest BCUT2D eigenvalue weighted by molar-refractivity contribution is 0.105. The van der Waals surface area contributed by atoms with Gasteiger partial charge in [-0.3, -0.25) is 4.79 Å². The molecule has 1 unspecified atom stereocenters. The number of hydrogen-bond donors (Lipinski definition) is 1. The molecule has 1 N–H and O–H groups in total. The molecule has 0 radical (unpaired) electrons. The molecule has 0 saturated heterocycles. The summed E-state index contributed by atoms with van der Waals surface area (Å²) < 4.78 is 24.3. The Morgan fingerprint density at radius 1 is 0.842 bits per heavy atom. The summed E-state index contributed by atoms with van der Waals surface area (Å²) in [6, 6.07) is 27.7. The van der Waals surface area contributed by atoms with Gasteiger partial charge in [0, 0.05) is 21.2 Å². The zero-order chi connectivity index (χ0) is 27.3. The molecule has 0 aliphatic rings. The van der Waals surface area contributed by atoms with Gasteiger partial charge in [0.2, 0.25) is 5.78 Å². The van der Waals surface area contributed by atoms with Crippen LogP contribution in [0.2, 0.25) is 0 Å². The van der Waals surface area contributed by atoms with E-state index in [1.165, 1.54) is 25.3 Å². The maximum Gasteiger partial charge on any atom is 0.236 e. The first-order valence-corrected chi connectivity index (χ1v) is 12.2. The minimum absolute atomic E-state index is 0.313. The van der Waals surface area contributed by atoms with Crippen molar-refractivity contribution in [1.82, 2.24) is 0 Å². The summed E-state index contributed by atoms with van der Waals surface area (Å²) >= 11 is 3.36. The van der Waals surface area contributed by atoms with Gasteiger partial charge in [-0.2, -0.15) is 0 Å². The molecular formula is C32H24BrFO4. The van der Waals surface area contributed by atoms with Crippen molar-refractivity contribution in [2.24, 2.45) is 0 Å². The van der Waals surface area contributed by atoms with Crippen molar-refractivity contribution < 1.29 is 23.8 Å². The number of halogens is 2. The highest BCUT2D eigenvalue weighted by molar-refractivity contribution is 9.10. The van der Waals surface area contributed by atoms with Gasteiger partial charge >= 0.3 is 0 Å². The summed E-state index contributed by atoms with van der Waals surface area (Å²) in [5.74, 6) is 11.2. The Morgan fingerprint density at radius 2 is 1.50 bits per heavy atom. The lowest BCUT2D eigenvalue weighted by atomic mass is 10.1. The molecule has 190 valence electrons. The van der Waals surface area contributed by atoms with Crippen LogP contribution in [0.3, 0.4) is 0 Å². The number of Topliss-reactive ketones (excluding diaryl/α,β-unsaturated/α-hetero) is 1. The van der Waals surface area contributed by atoms with E-state index in [-0.39, 0.29) is 5.78 Å². The third kappa shape index (κ3) is 8.35. The van der Waals surface area contributed by atoms with Crippen LogP contribution in [0, 0.1) is 29.5 Å². The zero-order valence-corrected chi connectivity index (χ0v) is 22.3. The number of carbonyl (C=O) groups excluding carboxylic acids is 1. The fraction of sp³-hybridized carbons (Fsp3) is 0.0938. The molecule has 0 aliphatic heterocycles. The largest absolute Gasteiger partial charge is 0.496 e. The number of aliphatic hydroxyl groups excluding tert-OH is 1. The molecule has 1 atom stereocenters. The van der Waals surface area contributed by atoms with Crippen LogP contribution >= 0.6 is 15.9 Å². The molecule has 0 fully saturated rings. The van der Waals surface area contributed by atoms with Crippen LogP contribution in [0.15, 0.2) is 102 Å². The monoisotopic (exact) mass is 570 g/mol. The van der Waals surface area contributed by atoms with Crippen molar-refractivity contribution >= 4 is 21.7 Å². The molecule has 4 nitrogen and oxygen atoms in total. The Balaban J connectivity index is 0.000000211. The topological polar surface area (TPSA) is 55.8 Å². The van der Waals surface area contributed by atoms with E-state index in [9.17, 15) is 14.3 Å². The van der Waals surface area contributed by atoms with Gasteiger partial charge in [-0.05, 0) is 48.4 Å². The predicted octanol–water partition coefficient (Wildman–Crippen LogP) is 6.61. The van der Waals surface area contributed by atoms with Crippen LogP contribution in [0.1, 0.15) is 33.2 Å². The number of hydrogen-bond acceptors (Lipinski definition) is 4. The number of carbonyl (C=O) groups is 1. The standard InChI is InChI=1S/C16H13BrO2.C16H11FO2/c1-19-16-11-13(17)8-9-14(16)15(18)10-7-12-5-3-2-4-6-12;1-19-16-10-8-14(17)11-13(16)7-9-15(18)12-5-3-2-4-6-12/h2-6,8-9,11,15,18H,1H3;2-6,8,10-11H,1H3. The fourth-order valence-electron chi connectivity index (χ4n) is 3.23. The maximum atomic E-state index is 13.1. The molecular weight excluding hydrogens is 547 g/mol. The summed E-state index contributed by atoms with van der Waals surface area (Å²) in [6.45, 7) is 0. The van der Waals surface area contributed by atoms with Crippen LogP contribution < -0.4 is 9.47 Å². The maximum absolute atomic E-state index is 13.1. The summed E-state index contributed by atoms with van der Waals surface area (Å²) in [6.07, 6.45) is -0.872. The Labute approximate surface area is 230 Å². The Morgan fingerprint density at radius 3 is 2.16 bits per heavy atom. The van der Waals surface area contributed by atoms with Crippen molar-refractivity contribution in [2.45, 2.75) is 6.10 Å². The number of aliphatic hydroxyl groups is 1. The molecule has 4 aromatic carbocycles. The van der Waals surface area contributed by atoms with Crippen LogP contribution in [0.4, 0.5) is 4.39 Å². The lowest BCUT2D eigenvalue weighted by Gasteiger charge is -2.10. The van der Waals surface area contributed by atoms with E-state index in [2.05, 4.69) is 39.6 Å². The molecule has 4 rings (SSSR count). The highest BCUT2D eigenvalue weighted by atomic mass is 79.9. The van der Waals surface area contributed by atoms with Crippen molar-refractivity contribution in [1.29, 1.82) is 0 Å². The molecule has 0 aromatic heterocycles. The fourth-order valence-corrected chi connectivity index (χ4v) is 3.57. The van der Waals surface area contributed by atoms with E-state index >= 15 is 0 Å². The smallest absolute Gasteiger partial charge is 0.236 e. The van der Waals surface area contributed by atoms with E-state index < -0.39 is 11.9 Å². The first kappa shape index (κ1) is 28.2. The number of rotatable bonds is 4. The quantitative estimate of drug-likeness (QED) is 0.221. The van der Waals surface area contributed by atoms with Gasteiger partial charge in [0.15, 0.2) is 0 Å². The molecule has 0 amide bonds. The van der Waals surface area contributed by atoms with Gasteiger partial charge in [0.25, 0.3) is 0 Å². The van der Waals surface area contributed by atoms with Crippen molar-refractivity contribution in [3.8, 4) is 35.2 Å². The van der Waals surface area contributed by atoms with Gasteiger partial charge in [-0.25, -0.2) is 4.39 Å². The Hall–Kier alpha value is -4.36. The molecule has 0 spiro atoms. The van der Waals surface area contributed by atoms with Gasteiger partial charge in [0.05, 0.1) is 19.8 Å². The van der Waals surface area contributed by atoms with Crippen LogP contribution in [0.5, 0.6) is 11.5 Å². The zero-order valence-electron chi connectivity index (χ0n) is 20.7.